The number of benzene rings is 1. The van der Waals surface area contributed by atoms with Crippen molar-refractivity contribution in [1.82, 2.24) is 9.78 Å². The number of methoxy groups -OCH3 is 1. The average molecular weight is 331 g/mol. The molecule has 0 aliphatic carbocycles. The van der Waals surface area contributed by atoms with Gasteiger partial charge in [-0.05, 0) is 18.9 Å². The molecule has 0 bridgehead atoms. The summed E-state index contributed by atoms with van der Waals surface area (Å²) in [5.41, 5.74) is 2.36. The molecule has 1 heterocycles. The van der Waals surface area contributed by atoms with Gasteiger partial charge in [0.1, 0.15) is 5.82 Å². The summed E-state index contributed by atoms with van der Waals surface area (Å²) < 4.78 is 12.0. The summed E-state index contributed by atoms with van der Waals surface area (Å²) in [7, 11) is 1.64. The first-order valence-corrected chi connectivity index (χ1v) is 8.13. The van der Waals surface area contributed by atoms with Gasteiger partial charge in [-0.25, -0.2) is 4.68 Å². The van der Waals surface area contributed by atoms with Gasteiger partial charge in [0.15, 0.2) is 0 Å². The molecule has 0 fully saturated rings. The highest BCUT2D eigenvalue weighted by molar-refractivity contribution is 5.89. The van der Waals surface area contributed by atoms with Gasteiger partial charge in [0.25, 0.3) is 0 Å². The molecular weight excluding hydrogens is 306 g/mol. The van der Waals surface area contributed by atoms with E-state index in [1.54, 1.807) is 18.0 Å². The molecule has 0 spiro atoms. The van der Waals surface area contributed by atoms with Crippen LogP contribution in [0.4, 0.5) is 5.82 Å². The molecule has 6 nitrogen and oxygen atoms in total. The maximum absolute atomic E-state index is 12.0. The standard InChI is InChI=1S/C18H25N3O3/c1-15-5-3-6-16(13-15)14-21-17(8-9-19-21)20-18(22)7-4-10-24-12-11-23-2/h3,5-6,8-9,13H,4,7,10-12,14H2,1-2H3,(H,20,22). The summed E-state index contributed by atoms with van der Waals surface area (Å²) in [6, 6.07) is 10.1. The van der Waals surface area contributed by atoms with E-state index in [-0.39, 0.29) is 5.91 Å². The zero-order chi connectivity index (χ0) is 17.2. The molecule has 0 atom stereocenters. The summed E-state index contributed by atoms with van der Waals surface area (Å²) in [5, 5.41) is 7.20. The number of aromatic nitrogens is 2. The number of anilines is 1. The van der Waals surface area contributed by atoms with Crippen LogP contribution >= 0.6 is 0 Å². The summed E-state index contributed by atoms with van der Waals surface area (Å²) in [5.74, 6) is 0.679. The molecular formula is C18H25N3O3. The molecule has 1 amide bonds. The lowest BCUT2D eigenvalue weighted by molar-refractivity contribution is -0.116. The summed E-state index contributed by atoms with van der Waals surface area (Å²) in [6.45, 7) is 4.37. The monoisotopic (exact) mass is 331 g/mol. The minimum Gasteiger partial charge on any atom is -0.382 e. The number of carbonyl (C=O) groups excluding carboxylic acids is 1. The third-order valence-electron chi connectivity index (χ3n) is 3.52. The minimum atomic E-state index is -0.0312. The van der Waals surface area contributed by atoms with Gasteiger partial charge in [-0.3, -0.25) is 4.79 Å². The zero-order valence-electron chi connectivity index (χ0n) is 14.3. The lowest BCUT2D eigenvalue weighted by atomic mass is 10.1. The quantitative estimate of drug-likeness (QED) is 0.680. The van der Waals surface area contributed by atoms with Crippen molar-refractivity contribution in [3.05, 3.63) is 47.7 Å². The average Bonchev–Trinajstić information content (AvgIpc) is 2.97. The number of carbonyl (C=O) groups is 1. The molecule has 1 N–H and O–H groups in total. The van der Waals surface area contributed by atoms with Crippen LogP contribution in [0.15, 0.2) is 36.5 Å². The van der Waals surface area contributed by atoms with Crippen molar-refractivity contribution in [2.24, 2.45) is 0 Å². The molecule has 0 unspecified atom stereocenters. The molecule has 0 aliphatic rings. The Morgan fingerprint density at radius 2 is 2.12 bits per heavy atom. The predicted octanol–water partition coefficient (Wildman–Crippen LogP) is 2.62. The highest BCUT2D eigenvalue weighted by Gasteiger charge is 2.08. The SMILES string of the molecule is COCCOCCCC(=O)Nc1ccnn1Cc1cccc(C)c1. The number of amides is 1. The maximum Gasteiger partial charge on any atom is 0.225 e. The Labute approximate surface area is 142 Å². The molecule has 0 aliphatic heterocycles. The van der Waals surface area contributed by atoms with E-state index in [4.69, 9.17) is 9.47 Å². The van der Waals surface area contributed by atoms with Gasteiger partial charge in [-0.2, -0.15) is 5.10 Å². The first-order chi connectivity index (χ1) is 11.7. The van der Waals surface area contributed by atoms with Gasteiger partial charge in [0.05, 0.1) is 26.0 Å². The van der Waals surface area contributed by atoms with Gasteiger partial charge < -0.3 is 14.8 Å². The number of hydrogen-bond acceptors (Lipinski definition) is 4. The Morgan fingerprint density at radius 3 is 2.92 bits per heavy atom. The van der Waals surface area contributed by atoms with Crippen molar-refractivity contribution in [3.63, 3.8) is 0 Å². The van der Waals surface area contributed by atoms with E-state index in [0.717, 1.165) is 5.56 Å². The van der Waals surface area contributed by atoms with E-state index in [9.17, 15) is 4.79 Å². The number of nitrogens with one attached hydrogen (secondary N) is 1. The van der Waals surface area contributed by atoms with Crippen LogP contribution in [0.3, 0.4) is 0 Å². The second-order valence-corrected chi connectivity index (χ2v) is 5.62. The van der Waals surface area contributed by atoms with Crippen LogP contribution in [0.5, 0.6) is 0 Å². The highest BCUT2D eigenvalue weighted by atomic mass is 16.5. The second-order valence-electron chi connectivity index (χ2n) is 5.62. The second kappa shape index (κ2) is 9.85. The fourth-order valence-electron chi connectivity index (χ4n) is 2.33. The van der Waals surface area contributed by atoms with Crippen molar-refractivity contribution in [1.29, 1.82) is 0 Å². The number of rotatable bonds is 10. The third kappa shape index (κ3) is 6.14. The number of hydrogen-bond donors (Lipinski definition) is 1. The fraction of sp³-hybridized carbons (Fsp3) is 0.444. The molecule has 0 saturated heterocycles. The van der Waals surface area contributed by atoms with E-state index in [1.807, 2.05) is 12.1 Å². The van der Waals surface area contributed by atoms with E-state index in [0.29, 0.717) is 45.0 Å². The van der Waals surface area contributed by atoms with Crippen molar-refractivity contribution < 1.29 is 14.3 Å². The van der Waals surface area contributed by atoms with Crippen LogP contribution in [0.2, 0.25) is 0 Å². The van der Waals surface area contributed by atoms with Gasteiger partial charge in [-0.1, -0.05) is 29.8 Å². The van der Waals surface area contributed by atoms with E-state index >= 15 is 0 Å². The highest BCUT2D eigenvalue weighted by Crippen LogP contribution is 2.12. The Kier molecular flexibility index (Phi) is 7.45. The third-order valence-corrected chi connectivity index (χ3v) is 3.52. The summed E-state index contributed by atoms with van der Waals surface area (Å²) in [6.07, 6.45) is 2.80. The van der Waals surface area contributed by atoms with Gasteiger partial charge in [-0.15, -0.1) is 0 Å². The molecule has 130 valence electrons. The topological polar surface area (TPSA) is 65.4 Å². The van der Waals surface area contributed by atoms with E-state index < -0.39 is 0 Å². The van der Waals surface area contributed by atoms with Crippen molar-refractivity contribution in [2.45, 2.75) is 26.3 Å². The van der Waals surface area contributed by atoms with Crippen LogP contribution in [0.1, 0.15) is 24.0 Å². The van der Waals surface area contributed by atoms with Gasteiger partial charge >= 0.3 is 0 Å². The summed E-state index contributed by atoms with van der Waals surface area (Å²) in [4.78, 5) is 12.0. The molecule has 1 aromatic carbocycles. The van der Waals surface area contributed by atoms with Crippen LogP contribution in [-0.4, -0.2) is 42.6 Å². The van der Waals surface area contributed by atoms with Crippen molar-refractivity contribution >= 4 is 11.7 Å². The Balaban J connectivity index is 1.79. The minimum absolute atomic E-state index is 0.0312. The largest absolute Gasteiger partial charge is 0.382 e. The molecule has 1 aromatic heterocycles. The molecule has 2 rings (SSSR count). The van der Waals surface area contributed by atoms with Crippen LogP contribution in [0.25, 0.3) is 0 Å². The Morgan fingerprint density at radius 1 is 1.25 bits per heavy atom. The van der Waals surface area contributed by atoms with Gasteiger partial charge in [0, 0.05) is 26.2 Å². The molecule has 2 aromatic rings. The van der Waals surface area contributed by atoms with Crippen molar-refractivity contribution in [2.75, 3.05) is 32.2 Å². The van der Waals surface area contributed by atoms with Crippen LogP contribution < -0.4 is 5.32 Å². The van der Waals surface area contributed by atoms with Crippen LogP contribution in [-0.2, 0) is 20.8 Å². The zero-order valence-corrected chi connectivity index (χ0v) is 14.3. The van der Waals surface area contributed by atoms with Crippen molar-refractivity contribution in [3.8, 4) is 0 Å². The lowest BCUT2D eigenvalue weighted by Gasteiger charge is -2.10. The lowest BCUT2D eigenvalue weighted by Crippen LogP contribution is -2.16. The van der Waals surface area contributed by atoms with E-state index in [2.05, 4.69) is 35.5 Å². The fourth-order valence-corrected chi connectivity index (χ4v) is 2.33. The smallest absolute Gasteiger partial charge is 0.225 e. The summed E-state index contributed by atoms with van der Waals surface area (Å²) >= 11 is 0. The molecule has 0 radical (unpaired) electrons. The first-order valence-electron chi connectivity index (χ1n) is 8.13. The molecule has 24 heavy (non-hydrogen) atoms. The number of nitrogens with zero attached hydrogens (tertiary/aromatic N) is 2. The van der Waals surface area contributed by atoms with Gasteiger partial charge in [0.2, 0.25) is 5.91 Å². The molecule has 0 saturated carbocycles. The normalized spacial score (nSPS) is 10.8. The Hall–Kier alpha value is -2.18. The van der Waals surface area contributed by atoms with Crippen LogP contribution in [0, 0.1) is 6.92 Å². The number of ether oxygens (including phenoxy) is 2. The Bertz CT molecular complexity index is 640. The first kappa shape index (κ1) is 18.2. The maximum atomic E-state index is 12.0. The number of aryl methyl sites for hydroxylation is 1. The molecule has 6 heteroatoms. The van der Waals surface area contributed by atoms with E-state index in [1.165, 1.54) is 5.56 Å². The predicted molar refractivity (Wildman–Crippen MR) is 93.1 cm³/mol.